The van der Waals surface area contributed by atoms with Gasteiger partial charge in [-0.05, 0) is 59.2 Å². The average molecular weight is 222 g/mol. The molecule has 1 aliphatic heterocycles. The summed E-state index contributed by atoms with van der Waals surface area (Å²) in [5.74, 6) is 2.69. The first-order chi connectivity index (χ1) is 7.74. The fourth-order valence-corrected chi connectivity index (χ4v) is 2.34. The van der Waals surface area contributed by atoms with E-state index in [0.29, 0.717) is 12.1 Å². The van der Waals surface area contributed by atoms with Crippen LogP contribution < -0.4 is 5.32 Å². The summed E-state index contributed by atoms with van der Waals surface area (Å²) >= 11 is 0. The van der Waals surface area contributed by atoms with Crippen molar-refractivity contribution in [3.05, 3.63) is 0 Å². The van der Waals surface area contributed by atoms with Crippen LogP contribution in [0.3, 0.4) is 0 Å². The van der Waals surface area contributed by atoms with Gasteiger partial charge >= 0.3 is 0 Å². The molecule has 0 aromatic rings. The third kappa shape index (κ3) is 5.01. The molecular formula is C14H26N2. The quantitative estimate of drug-likeness (QED) is 0.567. The lowest BCUT2D eigenvalue weighted by molar-refractivity contribution is 0.229. The molecule has 0 aliphatic carbocycles. The monoisotopic (exact) mass is 222 g/mol. The van der Waals surface area contributed by atoms with E-state index in [1.807, 2.05) is 0 Å². The number of likely N-dealkylation sites (tertiary alicyclic amines) is 1. The molecule has 1 N–H and O–H groups in total. The van der Waals surface area contributed by atoms with Gasteiger partial charge in [0.05, 0.1) is 0 Å². The first kappa shape index (κ1) is 13.5. The minimum Gasteiger partial charge on any atom is -0.314 e. The Labute approximate surface area is 101 Å². The van der Waals surface area contributed by atoms with Gasteiger partial charge in [-0.3, -0.25) is 0 Å². The van der Waals surface area contributed by atoms with E-state index in [0.717, 1.165) is 19.4 Å². The molecule has 1 rings (SSSR count). The highest BCUT2D eigenvalue weighted by molar-refractivity contribution is 4.84. The van der Waals surface area contributed by atoms with Crippen molar-refractivity contribution in [3.63, 3.8) is 0 Å². The molecule has 1 saturated heterocycles. The Morgan fingerprint density at radius 2 is 2.19 bits per heavy atom. The lowest BCUT2D eigenvalue weighted by Gasteiger charge is -2.24. The largest absolute Gasteiger partial charge is 0.314 e. The van der Waals surface area contributed by atoms with Crippen molar-refractivity contribution in [2.24, 2.45) is 0 Å². The third-order valence-electron chi connectivity index (χ3n) is 3.42. The maximum atomic E-state index is 5.24. The molecule has 1 heterocycles. The first-order valence-electron chi connectivity index (χ1n) is 6.65. The summed E-state index contributed by atoms with van der Waals surface area (Å²) in [5, 5.41) is 3.63. The summed E-state index contributed by atoms with van der Waals surface area (Å²) < 4.78 is 0. The Morgan fingerprint density at radius 3 is 2.88 bits per heavy atom. The van der Waals surface area contributed by atoms with Gasteiger partial charge in [0.1, 0.15) is 0 Å². The fraction of sp³-hybridized carbons (Fsp3) is 0.857. The molecule has 1 unspecified atom stereocenters. The van der Waals surface area contributed by atoms with Crippen molar-refractivity contribution in [1.29, 1.82) is 0 Å². The molecule has 0 spiro atoms. The topological polar surface area (TPSA) is 15.3 Å². The molecule has 0 radical (unpaired) electrons. The lowest BCUT2D eigenvalue weighted by Crippen LogP contribution is -2.34. The zero-order valence-electron chi connectivity index (χ0n) is 10.8. The van der Waals surface area contributed by atoms with Gasteiger partial charge in [-0.1, -0.05) is 0 Å². The number of hydrogen-bond donors (Lipinski definition) is 1. The van der Waals surface area contributed by atoms with Crippen LogP contribution in [0.5, 0.6) is 0 Å². The zero-order valence-corrected chi connectivity index (χ0v) is 10.8. The molecule has 92 valence electrons. The number of terminal acetylenes is 1. The van der Waals surface area contributed by atoms with Crippen molar-refractivity contribution in [2.45, 2.75) is 58.0 Å². The second-order valence-corrected chi connectivity index (χ2v) is 5.02. The number of rotatable bonds is 5. The van der Waals surface area contributed by atoms with Crippen LogP contribution in [0.1, 0.15) is 46.0 Å². The van der Waals surface area contributed by atoms with E-state index in [-0.39, 0.29) is 0 Å². The van der Waals surface area contributed by atoms with E-state index in [1.165, 1.54) is 32.4 Å². The molecule has 0 amide bonds. The summed E-state index contributed by atoms with van der Waals surface area (Å²) in [6, 6.07) is 1.40. The van der Waals surface area contributed by atoms with Gasteiger partial charge in [-0.2, -0.15) is 0 Å². The van der Waals surface area contributed by atoms with Crippen LogP contribution in [0.4, 0.5) is 0 Å². The van der Waals surface area contributed by atoms with E-state index in [9.17, 15) is 0 Å². The van der Waals surface area contributed by atoms with Gasteiger partial charge in [-0.25, -0.2) is 0 Å². The van der Waals surface area contributed by atoms with E-state index in [1.54, 1.807) is 0 Å². The molecule has 0 bridgehead atoms. The smallest absolute Gasteiger partial charge is 0.00981 e. The predicted molar refractivity (Wildman–Crippen MR) is 70.4 cm³/mol. The van der Waals surface area contributed by atoms with Crippen LogP contribution in [0, 0.1) is 12.3 Å². The molecule has 2 heteroatoms. The molecule has 2 nitrogen and oxygen atoms in total. The zero-order chi connectivity index (χ0) is 11.8. The fourth-order valence-electron chi connectivity index (χ4n) is 2.34. The van der Waals surface area contributed by atoms with Crippen molar-refractivity contribution < 1.29 is 0 Å². The SMILES string of the molecule is C#CCCCNC1CCCN(C(C)C)CC1. The Balaban J connectivity index is 2.18. The van der Waals surface area contributed by atoms with Crippen LogP contribution in [0.15, 0.2) is 0 Å². The molecule has 16 heavy (non-hydrogen) atoms. The number of nitrogens with zero attached hydrogens (tertiary/aromatic N) is 1. The summed E-state index contributed by atoms with van der Waals surface area (Å²) in [5.41, 5.74) is 0. The average Bonchev–Trinajstić information content (AvgIpc) is 2.50. The second kappa shape index (κ2) is 7.70. The number of unbranched alkanes of at least 4 members (excludes halogenated alkanes) is 1. The number of nitrogens with one attached hydrogen (secondary N) is 1. The standard InChI is InChI=1S/C14H26N2/c1-4-5-6-10-15-14-8-7-11-16(12-9-14)13(2)3/h1,13-15H,5-12H2,2-3H3. The molecule has 1 atom stereocenters. The van der Waals surface area contributed by atoms with Crippen LogP contribution in [0.2, 0.25) is 0 Å². The highest BCUT2D eigenvalue weighted by atomic mass is 15.1. The van der Waals surface area contributed by atoms with Crippen LogP contribution in [-0.2, 0) is 0 Å². The maximum Gasteiger partial charge on any atom is 0.00981 e. The van der Waals surface area contributed by atoms with E-state index in [2.05, 4.69) is 30.0 Å². The molecular weight excluding hydrogens is 196 g/mol. The molecule has 0 saturated carbocycles. The van der Waals surface area contributed by atoms with Gasteiger partial charge in [0.25, 0.3) is 0 Å². The highest BCUT2D eigenvalue weighted by Gasteiger charge is 2.17. The van der Waals surface area contributed by atoms with Gasteiger partial charge in [0.2, 0.25) is 0 Å². The maximum absolute atomic E-state index is 5.24. The van der Waals surface area contributed by atoms with Crippen LogP contribution in [0.25, 0.3) is 0 Å². The summed E-state index contributed by atoms with van der Waals surface area (Å²) in [6.45, 7) is 8.17. The molecule has 1 aliphatic rings. The highest BCUT2D eigenvalue weighted by Crippen LogP contribution is 2.13. The molecule has 0 aromatic heterocycles. The normalized spacial score (nSPS) is 23.0. The second-order valence-electron chi connectivity index (χ2n) is 5.02. The Bertz CT molecular complexity index is 217. The lowest BCUT2D eigenvalue weighted by atomic mass is 10.1. The van der Waals surface area contributed by atoms with Gasteiger partial charge in [0, 0.05) is 18.5 Å². The minimum atomic E-state index is 0.695. The third-order valence-corrected chi connectivity index (χ3v) is 3.42. The molecule has 0 aromatic carbocycles. The van der Waals surface area contributed by atoms with Crippen molar-refractivity contribution in [2.75, 3.05) is 19.6 Å². The minimum absolute atomic E-state index is 0.695. The van der Waals surface area contributed by atoms with Crippen molar-refractivity contribution in [3.8, 4) is 12.3 Å². The Morgan fingerprint density at radius 1 is 1.38 bits per heavy atom. The summed E-state index contributed by atoms with van der Waals surface area (Å²) in [6.07, 6.45) is 11.2. The van der Waals surface area contributed by atoms with Crippen LogP contribution in [-0.4, -0.2) is 36.6 Å². The Hall–Kier alpha value is -0.520. The van der Waals surface area contributed by atoms with E-state index < -0.39 is 0 Å². The summed E-state index contributed by atoms with van der Waals surface area (Å²) in [7, 11) is 0. The predicted octanol–water partition coefficient (Wildman–Crippen LogP) is 2.25. The van der Waals surface area contributed by atoms with Crippen molar-refractivity contribution in [1.82, 2.24) is 10.2 Å². The van der Waals surface area contributed by atoms with Gasteiger partial charge < -0.3 is 10.2 Å². The molecule has 1 fully saturated rings. The van der Waals surface area contributed by atoms with E-state index >= 15 is 0 Å². The Kier molecular flexibility index (Phi) is 6.52. The van der Waals surface area contributed by atoms with Gasteiger partial charge in [-0.15, -0.1) is 12.3 Å². The first-order valence-corrected chi connectivity index (χ1v) is 6.65. The van der Waals surface area contributed by atoms with E-state index in [4.69, 9.17) is 6.42 Å². The number of hydrogen-bond acceptors (Lipinski definition) is 2. The van der Waals surface area contributed by atoms with Crippen molar-refractivity contribution >= 4 is 0 Å². The summed E-state index contributed by atoms with van der Waals surface area (Å²) in [4.78, 5) is 2.59. The van der Waals surface area contributed by atoms with Gasteiger partial charge in [0.15, 0.2) is 0 Å². The van der Waals surface area contributed by atoms with Crippen LogP contribution >= 0.6 is 0 Å².